The van der Waals surface area contributed by atoms with Crippen molar-refractivity contribution in [1.82, 2.24) is 0 Å². The fraction of sp³-hybridized carbons (Fsp3) is 0.250. The highest BCUT2D eigenvalue weighted by molar-refractivity contribution is 5.90. The van der Waals surface area contributed by atoms with Crippen LogP contribution in [0.4, 0.5) is 0 Å². The molecule has 0 amide bonds. The molecule has 2 nitrogen and oxygen atoms in total. The Bertz CT molecular complexity index is 523. The van der Waals surface area contributed by atoms with Gasteiger partial charge in [-0.2, -0.15) is 0 Å². The van der Waals surface area contributed by atoms with E-state index >= 15 is 0 Å². The van der Waals surface area contributed by atoms with E-state index in [1.807, 2.05) is 0 Å². The van der Waals surface area contributed by atoms with Gasteiger partial charge in [-0.25, -0.2) is 4.79 Å². The number of carbonyl (C=O) groups excluding carboxylic acids is 1. The van der Waals surface area contributed by atoms with Gasteiger partial charge in [0.05, 0.1) is 13.5 Å². The van der Waals surface area contributed by atoms with Crippen molar-refractivity contribution in [3.05, 3.63) is 41.9 Å². The molecule has 0 heterocycles. The summed E-state index contributed by atoms with van der Waals surface area (Å²) in [6, 6.07) is -1.96. The molecular weight excluding hydrogens is 176 g/mol. The number of rotatable bonds is 3. The zero-order valence-electron chi connectivity index (χ0n) is 13.1. The minimum Gasteiger partial charge on any atom is -0.463 e. The van der Waals surface area contributed by atoms with Crippen molar-refractivity contribution in [3.8, 4) is 0 Å². The summed E-state index contributed by atoms with van der Waals surface area (Å²) >= 11 is 0. The van der Waals surface area contributed by atoms with Crippen molar-refractivity contribution in [1.29, 1.82) is 0 Å². The molecule has 0 N–H and O–H groups in total. The van der Waals surface area contributed by atoms with E-state index in [9.17, 15) is 4.79 Å². The topological polar surface area (TPSA) is 26.3 Å². The van der Waals surface area contributed by atoms with Gasteiger partial charge in [-0.05, 0) is 25.0 Å². The molecule has 1 aromatic carbocycles. The van der Waals surface area contributed by atoms with E-state index < -0.39 is 24.1 Å². The Morgan fingerprint density at radius 3 is 2.71 bits per heavy atom. The lowest BCUT2D eigenvalue weighted by Gasteiger charge is -2.00. The maximum atomic E-state index is 11.3. The molecular formula is C12H14O2. The standard InChI is InChI=1S/C12H14O2/c1-3-14-12(13)9-10(2)11-7-5-4-6-8-11/h4-9H,3H2,1-2H3/b10-9+/i4D,5D,6D,7D,8D. The predicted octanol–water partition coefficient (Wildman–Crippen LogP) is 2.65. The molecule has 1 aromatic rings. The number of hydrogen-bond acceptors (Lipinski definition) is 2. The lowest BCUT2D eigenvalue weighted by atomic mass is 10.1. The predicted molar refractivity (Wildman–Crippen MR) is 56.7 cm³/mol. The molecule has 0 atom stereocenters. The van der Waals surface area contributed by atoms with Crippen LogP contribution in [0.2, 0.25) is 0 Å². The molecule has 1 rings (SSSR count). The maximum Gasteiger partial charge on any atom is 0.331 e. The molecule has 2 heteroatoms. The Morgan fingerprint density at radius 1 is 1.50 bits per heavy atom. The van der Waals surface area contributed by atoms with Crippen LogP contribution in [0.5, 0.6) is 0 Å². The van der Waals surface area contributed by atoms with Crippen LogP contribution in [0.25, 0.3) is 5.57 Å². The van der Waals surface area contributed by atoms with E-state index in [1.54, 1.807) is 6.92 Å². The number of allylic oxidation sites excluding steroid dienone is 1. The van der Waals surface area contributed by atoms with Gasteiger partial charge in [0.15, 0.2) is 0 Å². The van der Waals surface area contributed by atoms with Crippen molar-refractivity contribution < 1.29 is 16.4 Å². The van der Waals surface area contributed by atoms with Crippen molar-refractivity contribution in [2.75, 3.05) is 6.61 Å². The third-order valence-corrected chi connectivity index (χ3v) is 1.52. The molecule has 74 valence electrons. The van der Waals surface area contributed by atoms with Gasteiger partial charge in [0.2, 0.25) is 0 Å². The summed E-state index contributed by atoms with van der Waals surface area (Å²) in [6.45, 7) is 3.37. The quantitative estimate of drug-likeness (QED) is 0.547. The zero-order chi connectivity index (χ0) is 14.7. The Kier molecular flexibility index (Phi) is 1.99. The lowest BCUT2D eigenvalue weighted by molar-refractivity contribution is -0.137. The summed E-state index contributed by atoms with van der Waals surface area (Å²) in [5.74, 6) is -0.605. The van der Waals surface area contributed by atoms with Crippen LogP contribution in [0.1, 0.15) is 26.3 Å². The molecule has 0 aromatic heterocycles. The van der Waals surface area contributed by atoms with Crippen molar-refractivity contribution in [3.63, 3.8) is 0 Å². The van der Waals surface area contributed by atoms with E-state index in [0.29, 0.717) is 0 Å². The Labute approximate surface area is 91.2 Å². The number of ether oxygens (including phenoxy) is 1. The monoisotopic (exact) mass is 195 g/mol. The minimum absolute atomic E-state index is 0.0130. The van der Waals surface area contributed by atoms with Crippen LogP contribution in [0.3, 0.4) is 0 Å². The fourth-order valence-electron chi connectivity index (χ4n) is 0.880. The molecule has 0 saturated heterocycles. The van der Waals surface area contributed by atoms with Crippen LogP contribution in [0, 0.1) is 0 Å². The lowest BCUT2D eigenvalue weighted by Crippen LogP contribution is -2.00. The van der Waals surface area contributed by atoms with Gasteiger partial charge in [0.1, 0.15) is 0 Å². The summed E-state index contributed by atoms with van der Waals surface area (Å²) in [4.78, 5) is 11.3. The molecule has 0 unspecified atom stereocenters. The average molecular weight is 195 g/mol. The molecule has 0 fully saturated rings. The molecule has 0 aliphatic carbocycles. The summed E-state index contributed by atoms with van der Waals surface area (Å²) in [5.41, 5.74) is 0.287. The fourth-order valence-corrected chi connectivity index (χ4v) is 0.880. The van der Waals surface area contributed by atoms with Gasteiger partial charge in [-0.1, -0.05) is 30.2 Å². The summed E-state index contributed by atoms with van der Waals surface area (Å²) < 4.78 is 42.8. The smallest absolute Gasteiger partial charge is 0.331 e. The van der Waals surface area contributed by atoms with Gasteiger partial charge in [-0.15, -0.1) is 0 Å². The normalized spacial score (nSPS) is 16.1. The second-order valence-electron chi connectivity index (χ2n) is 2.58. The molecule has 0 aliphatic rings. The molecule has 0 spiro atoms. The van der Waals surface area contributed by atoms with Crippen molar-refractivity contribution in [2.45, 2.75) is 13.8 Å². The molecule has 0 aliphatic heterocycles. The van der Waals surface area contributed by atoms with E-state index in [-0.39, 0.29) is 29.8 Å². The molecule has 14 heavy (non-hydrogen) atoms. The van der Waals surface area contributed by atoms with Crippen LogP contribution >= 0.6 is 0 Å². The third-order valence-electron chi connectivity index (χ3n) is 1.52. The van der Waals surface area contributed by atoms with Gasteiger partial charge in [0.25, 0.3) is 0 Å². The molecule has 0 saturated carbocycles. The third kappa shape index (κ3) is 3.05. The highest BCUT2D eigenvalue weighted by Gasteiger charge is 1.99. The number of carbonyl (C=O) groups is 1. The number of esters is 1. The first-order valence-electron chi connectivity index (χ1n) is 6.73. The SMILES string of the molecule is [2H]c1c([2H])c([2H])c(/C(C)=C/C(=O)OCC)c([2H])c1[2H]. The average Bonchev–Trinajstić information content (AvgIpc) is 2.34. The Balaban J connectivity index is 3.39. The first-order chi connectivity index (χ1) is 8.81. The van der Waals surface area contributed by atoms with Crippen LogP contribution in [-0.4, -0.2) is 12.6 Å². The number of benzene rings is 1. The largest absolute Gasteiger partial charge is 0.463 e. The van der Waals surface area contributed by atoms with E-state index in [1.165, 1.54) is 6.92 Å². The van der Waals surface area contributed by atoms with Crippen LogP contribution < -0.4 is 0 Å². The van der Waals surface area contributed by atoms with Gasteiger partial charge < -0.3 is 4.74 Å². The van der Waals surface area contributed by atoms with E-state index in [0.717, 1.165) is 6.08 Å². The second-order valence-corrected chi connectivity index (χ2v) is 2.58. The van der Waals surface area contributed by atoms with Gasteiger partial charge in [0, 0.05) is 6.08 Å². The van der Waals surface area contributed by atoms with Crippen molar-refractivity contribution >= 4 is 11.5 Å². The molecule has 0 radical (unpaired) electrons. The summed E-state index contributed by atoms with van der Waals surface area (Å²) in [6.07, 6.45) is 1.12. The summed E-state index contributed by atoms with van der Waals surface area (Å²) in [7, 11) is 0. The Morgan fingerprint density at radius 2 is 2.14 bits per heavy atom. The second kappa shape index (κ2) is 5.22. The number of hydrogen-bond donors (Lipinski definition) is 0. The Hall–Kier alpha value is -1.57. The highest BCUT2D eigenvalue weighted by atomic mass is 16.5. The zero-order valence-corrected chi connectivity index (χ0v) is 8.10. The first-order valence-corrected chi connectivity index (χ1v) is 4.23. The van der Waals surface area contributed by atoms with E-state index in [2.05, 4.69) is 0 Å². The van der Waals surface area contributed by atoms with Crippen molar-refractivity contribution in [2.24, 2.45) is 0 Å². The van der Waals surface area contributed by atoms with Gasteiger partial charge >= 0.3 is 5.97 Å². The van der Waals surface area contributed by atoms with Crippen LogP contribution in [0.15, 0.2) is 36.3 Å². The highest BCUT2D eigenvalue weighted by Crippen LogP contribution is 2.12. The molecule has 0 bridgehead atoms. The van der Waals surface area contributed by atoms with Crippen LogP contribution in [-0.2, 0) is 9.53 Å². The van der Waals surface area contributed by atoms with Gasteiger partial charge in [-0.3, -0.25) is 0 Å². The summed E-state index contributed by atoms with van der Waals surface area (Å²) in [5, 5.41) is 0. The first kappa shape index (κ1) is 5.35. The maximum absolute atomic E-state index is 11.3. The van der Waals surface area contributed by atoms with E-state index in [4.69, 9.17) is 11.6 Å². The minimum atomic E-state index is -0.605.